The number of rotatable bonds is 9. The zero-order valence-corrected chi connectivity index (χ0v) is 24.5. The average Bonchev–Trinajstić information content (AvgIpc) is 3.25. The summed E-state index contributed by atoms with van der Waals surface area (Å²) in [5.74, 6) is -2.82. The normalized spacial score (nSPS) is 18.9. The van der Waals surface area contributed by atoms with Gasteiger partial charge >= 0.3 is 17.8 Å². The average molecular weight is 614 g/mol. The molecule has 2 unspecified atom stereocenters. The van der Waals surface area contributed by atoms with Crippen LogP contribution in [-0.2, 0) is 23.2 Å². The number of hydroxylamine groups is 1. The fourth-order valence-electron chi connectivity index (χ4n) is 5.27. The van der Waals surface area contributed by atoms with Crippen molar-refractivity contribution in [3.8, 4) is 0 Å². The second kappa shape index (κ2) is 12.5. The van der Waals surface area contributed by atoms with E-state index in [0.29, 0.717) is 17.9 Å². The number of aromatic nitrogens is 2. The Labute approximate surface area is 244 Å². The second-order valence-electron chi connectivity index (χ2n) is 10.8. The third kappa shape index (κ3) is 6.38. The minimum absolute atomic E-state index is 0.0406. The van der Waals surface area contributed by atoms with Crippen LogP contribution < -0.4 is 26.9 Å². The molecule has 2 atom stereocenters. The number of carbonyl (C=O) groups excluding carboxylic acids is 1. The molecule has 2 aliphatic rings. The maximum Gasteiger partial charge on any atom is 0.493 e. The highest BCUT2D eigenvalue weighted by atomic mass is 32.2. The molecule has 2 N–H and O–H groups in total. The van der Waals surface area contributed by atoms with Crippen molar-refractivity contribution in [2.45, 2.75) is 75.1 Å². The number of allylic oxidation sites excluding steroid dienone is 1. The number of anilines is 2. The van der Waals surface area contributed by atoms with Crippen LogP contribution in [0.3, 0.4) is 0 Å². The van der Waals surface area contributed by atoms with Gasteiger partial charge in [0.15, 0.2) is 17.0 Å². The first kappa shape index (κ1) is 31.7. The van der Waals surface area contributed by atoms with Crippen LogP contribution in [0.1, 0.15) is 57.7 Å². The minimum Gasteiger partial charge on any atom is -0.329 e. The fraction of sp³-hybridized carbons (Fsp3) is 0.536. The molecule has 1 aromatic heterocycles. The molecule has 1 saturated carbocycles. The van der Waals surface area contributed by atoms with Crippen LogP contribution in [-0.4, -0.2) is 44.6 Å². The van der Waals surface area contributed by atoms with Gasteiger partial charge in [0.05, 0.1) is 6.54 Å². The van der Waals surface area contributed by atoms with Crippen LogP contribution in [0.4, 0.5) is 29.1 Å². The molecule has 42 heavy (non-hydrogen) atoms. The lowest BCUT2D eigenvalue weighted by Crippen LogP contribution is -2.49. The van der Waals surface area contributed by atoms with Crippen molar-refractivity contribution in [3.63, 3.8) is 0 Å². The van der Waals surface area contributed by atoms with E-state index in [9.17, 15) is 27.6 Å². The van der Waals surface area contributed by atoms with Gasteiger partial charge in [-0.1, -0.05) is 61.2 Å². The zero-order chi connectivity index (χ0) is 30.8. The Hall–Kier alpha value is -3.26. The largest absolute Gasteiger partial charge is 0.493 e. The third-order valence-electron chi connectivity index (χ3n) is 7.56. The van der Waals surface area contributed by atoms with Crippen molar-refractivity contribution in [1.29, 1.82) is 0 Å². The summed E-state index contributed by atoms with van der Waals surface area (Å²) in [7, 11) is 1.24. The molecule has 230 valence electrons. The number of alkyl halides is 4. The maximum atomic E-state index is 15.3. The van der Waals surface area contributed by atoms with Gasteiger partial charge in [-0.3, -0.25) is 13.9 Å². The molecule has 0 radical (unpaired) electrons. The SMILES string of the molecule is CC(C)=CCN1c2c(n(C)c(=O)n(CC(F)c3ccccc3)c2=O)N(OC(=O)C(F)(F)F)C1SC1(CN)CCCCC1. The number of nitrogens with two attached hydrogens (primary N) is 1. The van der Waals surface area contributed by atoms with E-state index >= 15 is 4.39 Å². The first-order valence-electron chi connectivity index (χ1n) is 13.7. The standard InChI is InChI=1S/C28H35F4N5O4S/c1-18(2)12-15-35-21-22(34(3)25(40)36(23(21)38)16-20(29)19-10-6-4-7-11-19)37(41-24(39)28(30,31)32)26(35)42-27(17-33)13-8-5-9-14-27/h4,6-7,10-12,20,26H,5,8-9,13-17,33H2,1-3H3. The lowest BCUT2D eigenvalue weighted by atomic mass is 9.88. The topological polar surface area (TPSA) is 103 Å². The zero-order valence-electron chi connectivity index (χ0n) is 23.7. The first-order chi connectivity index (χ1) is 19.8. The van der Waals surface area contributed by atoms with Crippen molar-refractivity contribution >= 4 is 29.2 Å². The molecule has 0 bridgehead atoms. The molecule has 0 spiro atoms. The number of thioether (sulfide) groups is 1. The summed E-state index contributed by atoms with van der Waals surface area (Å²) in [6.07, 6.45) is -1.28. The van der Waals surface area contributed by atoms with Crippen molar-refractivity contribution in [1.82, 2.24) is 9.13 Å². The molecule has 1 aliphatic heterocycles. The molecule has 2 aromatic rings. The summed E-state index contributed by atoms with van der Waals surface area (Å²) >= 11 is 1.21. The monoisotopic (exact) mass is 613 g/mol. The number of halogens is 4. The predicted molar refractivity (Wildman–Crippen MR) is 154 cm³/mol. The molecule has 2 heterocycles. The van der Waals surface area contributed by atoms with Crippen LogP contribution in [0.5, 0.6) is 0 Å². The molecule has 1 aliphatic carbocycles. The number of fused-ring (bicyclic) bond motifs is 1. The number of nitrogens with zero attached hydrogens (tertiary/aromatic N) is 4. The van der Waals surface area contributed by atoms with Gasteiger partial charge in [0, 0.05) is 24.9 Å². The molecule has 9 nitrogen and oxygen atoms in total. The maximum absolute atomic E-state index is 15.3. The lowest BCUT2D eigenvalue weighted by molar-refractivity contribution is -0.201. The van der Waals surface area contributed by atoms with Gasteiger partial charge in [-0.2, -0.15) is 18.2 Å². The van der Waals surface area contributed by atoms with Crippen molar-refractivity contribution in [3.05, 3.63) is 68.4 Å². The Morgan fingerprint density at radius 1 is 1.17 bits per heavy atom. The summed E-state index contributed by atoms with van der Waals surface area (Å²) < 4.78 is 56.8. The lowest BCUT2D eigenvalue weighted by Gasteiger charge is -2.41. The van der Waals surface area contributed by atoms with E-state index in [2.05, 4.69) is 0 Å². The van der Waals surface area contributed by atoms with Gasteiger partial charge in [-0.15, -0.1) is 11.8 Å². The Bertz CT molecular complexity index is 1430. The van der Waals surface area contributed by atoms with E-state index in [-0.39, 0.29) is 30.2 Å². The molecular formula is C28H35F4N5O4S. The summed E-state index contributed by atoms with van der Waals surface area (Å²) in [4.78, 5) is 46.0. The second-order valence-corrected chi connectivity index (χ2v) is 12.4. The van der Waals surface area contributed by atoms with Gasteiger partial charge in [0.25, 0.3) is 5.56 Å². The number of hydrogen-bond donors (Lipinski definition) is 1. The highest BCUT2D eigenvalue weighted by Crippen LogP contribution is 2.49. The highest BCUT2D eigenvalue weighted by Gasteiger charge is 2.51. The smallest absolute Gasteiger partial charge is 0.329 e. The van der Waals surface area contributed by atoms with E-state index in [4.69, 9.17) is 10.6 Å². The first-order valence-corrected chi connectivity index (χ1v) is 14.6. The molecule has 14 heteroatoms. The molecule has 4 rings (SSSR count). The highest BCUT2D eigenvalue weighted by molar-refractivity contribution is 8.01. The number of carbonyl (C=O) groups is 1. The minimum atomic E-state index is -5.34. The van der Waals surface area contributed by atoms with Crippen LogP contribution >= 0.6 is 11.8 Å². The Balaban J connectivity index is 1.90. The fourth-order valence-corrected chi connectivity index (χ4v) is 6.89. The Morgan fingerprint density at radius 2 is 1.81 bits per heavy atom. The van der Waals surface area contributed by atoms with Crippen molar-refractivity contribution < 1.29 is 27.2 Å². The predicted octanol–water partition coefficient (Wildman–Crippen LogP) is 4.55. The summed E-state index contributed by atoms with van der Waals surface area (Å²) in [6, 6.07) is 8.00. The number of benzene rings is 1. The van der Waals surface area contributed by atoms with Crippen LogP contribution in [0.2, 0.25) is 0 Å². The molecule has 1 aromatic carbocycles. The summed E-state index contributed by atoms with van der Waals surface area (Å²) in [5.41, 5.74) is 4.10. The van der Waals surface area contributed by atoms with Crippen LogP contribution in [0.25, 0.3) is 0 Å². The van der Waals surface area contributed by atoms with E-state index in [0.717, 1.165) is 34.0 Å². The van der Waals surface area contributed by atoms with Gasteiger partial charge in [-0.25, -0.2) is 14.0 Å². The van der Waals surface area contributed by atoms with Crippen LogP contribution in [0.15, 0.2) is 51.6 Å². The van der Waals surface area contributed by atoms with Crippen molar-refractivity contribution in [2.75, 3.05) is 23.1 Å². The van der Waals surface area contributed by atoms with E-state index in [1.54, 1.807) is 24.3 Å². The van der Waals surface area contributed by atoms with Gasteiger partial charge in [0.1, 0.15) is 6.17 Å². The van der Waals surface area contributed by atoms with E-state index in [1.807, 2.05) is 13.8 Å². The van der Waals surface area contributed by atoms with E-state index in [1.165, 1.54) is 35.8 Å². The Morgan fingerprint density at radius 3 is 2.38 bits per heavy atom. The molecular weight excluding hydrogens is 578 g/mol. The van der Waals surface area contributed by atoms with Gasteiger partial charge < -0.3 is 15.5 Å². The Kier molecular flexibility index (Phi) is 9.46. The molecule has 0 amide bonds. The quantitative estimate of drug-likeness (QED) is 0.325. The van der Waals surface area contributed by atoms with Crippen molar-refractivity contribution in [2.24, 2.45) is 12.8 Å². The number of hydrogen-bond acceptors (Lipinski definition) is 8. The van der Waals surface area contributed by atoms with Crippen LogP contribution in [0, 0.1) is 0 Å². The molecule has 1 fully saturated rings. The summed E-state index contributed by atoms with van der Waals surface area (Å²) in [6.45, 7) is 3.25. The summed E-state index contributed by atoms with van der Waals surface area (Å²) in [5, 5.41) is 0.692. The van der Waals surface area contributed by atoms with E-state index < -0.39 is 46.4 Å². The van der Waals surface area contributed by atoms with Gasteiger partial charge in [-0.05, 0) is 32.3 Å². The third-order valence-corrected chi connectivity index (χ3v) is 9.30. The van der Waals surface area contributed by atoms with Gasteiger partial charge in [0.2, 0.25) is 0 Å². The molecule has 0 saturated heterocycles.